The van der Waals surface area contributed by atoms with Crippen LogP contribution in [0.3, 0.4) is 0 Å². The summed E-state index contributed by atoms with van der Waals surface area (Å²) in [5.41, 5.74) is -0.433. The molecule has 0 aromatic rings. The second-order valence-corrected chi connectivity index (χ2v) is 4.51. The van der Waals surface area contributed by atoms with Crippen LogP contribution in [0.25, 0.3) is 0 Å². The van der Waals surface area contributed by atoms with E-state index in [2.05, 4.69) is 0 Å². The van der Waals surface area contributed by atoms with Gasteiger partial charge in [0.2, 0.25) is 0 Å². The number of hydrogen-bond acceptors (Lipinski definition) is 4. The lowest BCUT2D eigenvalue weighted by molar-refractivity contribution is -0.0305. The van der Waals surface area contributed by atoms with Crippen molar-refractivity contribution in [1.29, 1.82) is 0 Å². The summed E-state index contributed by atoms with van der Waals surface area (Å²) < 4.78 is 10.4. The summed E-state index contributed by atoms with van der Waals surface area (Å²) in [5, 5.41) is 7.00. The summed E-state index contributed by atoms with van der Waals surface area (Å²) >= 11 is 0. The third-order valence-electron chi connectivity index (χ3n) is 2.10. The molecule has 0 radical (unpaired) electrons. The van der Waals surface area contributed by atoms with Crippen LogP contribution in [0.15, 0.2) is 0 Å². The number of carbonyl (C=O) groups is 1. The molecule has 1 heterocycles. The highest BCUT2D eigenvalue weighted by Crippen LogP contribution is 2.20. The normalized spacial score (nSPS) is 20.1. The van der Waals surface area contributed by atoms with Gasteiger partial charge in [0.1, 0.15) is 11.8 Å². The Bertz CT molecular complexity index is 213. The predicted molar refractivity (Wildman–Crippen MR) is 61.1 cm³/mol. The molecule has 1 unspecified atom stereocenters. The molecule has 1 rings (SSSR count). The molecule has 96 valence electrons. The first-order chi connectivity index (χ1) is 7.44. The van der Waals surface area contributed by atoms with Gasteiger partial charge in [-0.2, -0.15) is 0 Å². The van der Waals surface area contributed by atoms with Crippen molar-refractivity contribution >= 4 is 6.09 Å². The van der Waals surface area contributed by atoms with Gasteiger partial charge in [-0.25, -0.2) is 4.79 Å². The van der Waals surface area contributed by atoms with Gasteiger partial charge < -0.3 is 14.6 Å². The van der Waals surface area contributed by atoms with Crippen LogP contribution in [-0.4, -0.2) is 48.7 Å². The maximum Gasteiger partial charge on any atom is 0.412 e. The molecule has 16 heavy (non-hydrogen) atoms. The predicted octanol–water partition coefficient (Wildman–Crippen LogP) is 1.60. The lowest BCUT2D eigenvalue weighted by atomic mass is 10.2. The molecule has 1 aliphatic heterocycles. The molecule has 1 fully saturated rings. The van der Waals surface area contributed by atoms with E-state index < -0.39 is 5.60 Å². The van der Waals surface area contributed by atoms with E-state index in [1.807, 2.05) is 20.8 Å². The molecular formula is C11H23NO4. The maximum absolute atomic E-state index is 11.7. The van der Waals surface area contributed by atoms with Gasteiger partial charge in [0.05, 0.1) is 0 Å². The van der Waals surface area contributed by atoms with Crippen LogP contribution in [0.4, 0.5) is 4.79 Å². The van der Waals surface area contributed by atoms with E-state index in [-0.39, 0.29) is 12.3 Å². The summed E-state index contributed by atoms with van der Waals surface area (Å²) in [6, 6.07) is 0. The number of likely N-dealkylation sites (tertiary alicyclic amines) is 1. The molecule has 1 atom stereocenters. The Morgan fingerprint density at radius 2 is 1.94 bits per heavy atom. The lowest BCUT2D eigenvalue weighted by Gasteiger charge is -2.27. The van der Waals surface area contributed by atoms with Crippen molar-refractivity contribution in [2.24, 2.45) is 0 Å². The van der Waals surface area contributed by atoms with E-state index in [0.717, 1.165) is 26.5 Å². The summed E-state index contributed by atoms with van der Waals surface area (Å²) in [6.45, 7) is 6.32. The average Bonchev–Trinajstić information content (AvgIpc) is 2.66. The van der Waals surface area contributed by atoms with Gasteiger partial charge >= 0.3 is 6.09 Å². The van der Waals surface area contributed by atoms with E-state index >= 15 is 0 Å². The fourth-order valence-electron chi connectivity index (χ4n) is 1.51. The molecular weight excluding hydrogens is 210 g/mol. The van der Waals surface area contributed by atoms with Crippen LogP contribution >= 0.6 is 0 Å². The van der Waals surface area contributed by atoms with Crippen molar-refractivity contribution < 1.29 is 19.4 Å². The summed E-state index contributed by atoms with van der Waals surface area (Å²) in [6.07, 6.45) is 1.50. The number of aliphatic hydroxyl groups excluding tert-OH is 1. The van der Waals surface area contributed by atoms with Gasteiger partial charge in [-0.1, -0.05) is 0 Å². The van der Waals surface area contributed by atoms with Crippen LogP contribution in [0, 0.1) is 0 Å². The minimum atomic E-state index is -0.433. The highest BCUT2D eigenvalue weighted by atomic mass is 16.6. The van der Waals surface area contributed by atoms with E-state index in [1.165, 1.54) is 0 Å². The topological polar surface area (TPSA) is 59.0 Å². The highest BCUT2D eigenvalue weighted by molar-refractivity contribution is 5.68. The zero-order chi connectivity index (χ0) is 12.8. The van der Waals surface area contributed by atoms with Crippen LogP contribution in [-0.2, 0) is 9.47 Å². The summed E-state index contributed by atoms with van der Waals surface area (Å²) in [4.78, 5) is 13.3. The minimum Gasteiger partial charge on any atom is -0.444 e. The molecule has 0 spiro atoms. The molecule has 5 heteroatoms. The number of methoxy groups -OCH3 is 1. The van der Waals surface area contributed by atoms with Crippen molar-refractivity contribution in [3.8, 4) is 0 Å². The molecule has 1 N–H and O–H groups in total. The quantitative estimate of drug-likeness (QED) is 0.747. The van der Waals surface area contributed by atoms with Crippen LogP contribution in [0.2, 0.25) is 0 Å². The Morgan fingerprint density at radius 1 is 1.38 bits per heavy atom. The van der Waals surface area contributed by atoms with E-state index in [9.17, 15) is 4.79 Å². The largest absolute Gasteiger partial charge is 0.444 e. The summed E-state index contributed by atoms with van der Waals surface area (Å²) in [5.74, 6) is 0. The zero-order valence-corrected chi connectivity index (χ0v) is 10.8. The Labute approximate surface area is 97.3 Å². The number of rotatable bonds is 1. The molecule has 5 nitrogen and oxygen atoms in total. The van der Waals surface area contributed by atoms with Crippen LogP contribution in [0.5, 0.6) is 0 Å². The van der Waals surface area contributed by atoms with Crippen LogP contribution < -0.4 is 0 Å². The third-order valence-corrected chi connectivity index (χ3v) is 2.10. The smallest absolute Gasteiger partial charge is 0.412 e. The van der Waals surface area contributed by atoms with Crippen molar-refractivity contribution in [2.75, 3.05) is 20.8 Å². The molecule has 0 aromatic heterocycles. The van der Waals surface area contributed by atoms with Crippen molar-refractivity contribution in [1.82, 2.24) is 4.90 Å². The first-order valence-corrected chi connectivity index (χ1v) is 5.41. The standard InChI is InChI=1S/C10H19NO3.CH4O/c1-10(2,3)14-9(12)11-7-5-6-8(11)13-4;1-2/h8H,5-7H2,1-4H3;2H,1H3. The van der Waals surface area contributed by atoms with E-state index in [4.69, 9.17) is 14.6 Å². The number of hydrogen-bond donors (Lipinski definition) is 1. The Morgan fingerprint density at radius 3 is 2.38 bits per heavy atom. The first kappa shape index (κ1) is 15.2. The number of aliphatic hydroxyl groups is 1. The van der Waals surface area contributed by atoms with Gasteiger partial charge in [-0.3, -0.25) is 4.90 Å². The van der Waals surface area contributed by atoms with Crippen LogP contribution in [0.1, 0.15) is 33.6 Å². The number of carbonyl (C=O) groups excluding carboxylic acids is 1. The SMILES string of the molecule is CO.COC1CCCN1C(=O)OC(C)(C)C. The molecule has 1 amide bonds. The summed E-state index contributed by atoms with van der Waals surface area (Å²) in [7, 11) is 2.62. The fourth-order valence-corrected chi connectivity index (χ4v) is 1.51. The Kier molecular flexibility index (Phi) is 6.36. The maximum atomic E-state index is 11.7. The fraction of sp³-hybridized carbons (Fsp3) is 0.909. The van der Waals surface area contributed by atoms with Gasteiger partial charge in [0.25, 0.3) is 0 Å². The van der Waals surface area contributed by atoms with E-state index in [0.29, 0.717) is 0 Å². The first-order valence-electron chi connectivity index (χ1n) is 5.41. The van der Waals surface area contributed by atoms with E-state index in [1.54, 1.807) is 12.0 Å². The number of nitrogens with zero attached hydrogens (tertiary/aromatic N) is 1. The number of amides is 1. The molecule has 1 saturated heterocycles. The molecule has 0 aliphatic carbocycles. The van der Waals surface area contributed by atoms with Gasteiger partial charge in [0.15, 0.2) is 0 Å². The van der Waals surface area contributed by atoms with Gasteiger partial charge in [0, 0.05) is 20.8 Å². The molecule has 0 saturated carbocycles. The van der Waals surface area contributed by atoms with Crippen molar-refractivity contribution in [3.05, 3.63) is 0 Å². The van der Waals surface area contributed by atoms with Crippen molar-refractivity contribution in [2.45, 2.75) is 45.4 Å². The molecule has 0 bridgehead atoms. The Hall–Kier alpha value is -0.810. The van der Waals surface area contributed by atoms with Gasteiger partial charge in [-0.05, 0) is 33.6 Å². The highest BCUT2D eigenvalue weighted by Gasteiger charge is 2.31. The lowest BCUT2D eigenvalue weighted by Crippen LogP contribution is -2.40. The second-order valence-electron chi connectivity index (χ2n) is 4.51. The third kappa shape index (κ3) is 4.81. The average molecular weight is 233 g/mol. The number of ether oxygens (including phenoxy) is 2. The molecule has 0 aromatic carbocycles. The second kappa shape index (κ2) is 6.70. The van der Waals surface area contributed by atoms with Crippen molar-refractivity contribution in [3.63, 3.8) is 0 Å². The van der Waals surface area contributed by atoms with Gasteiger partial charge in [-0.15, -0.1) is 0 Å². The Balaban J connectivity index is 0.00000106. The zero-order valence-electron chi connectivity index (χ0n) is 10.8. The molecule has 1 aliphatic rings. The minimum absolute atomic E-state index is 0.107. The monoisotopic (exact) mass is 233 g/mol.